The Hall–Kier alpha value is 1.20. The second-order valence-electron chi connectivity index (χ2n) is 0. The van der Waals surface area contributed by atoms with Crippen molar-refractivity contribution < 1.29 is 25.2 Å². The molecule has 0 saturated heterocycles. The van der Waals surface area contributed by atoms with Gasteiger partial charge < -0.3 is 5.48 Å². The molecule has 0 saturated carbocycles. The zero-order chi connectivity index (χ0) is 2.00. The first-order valence-corrected chi connectivity index (χ1v) is 1.79. The third kappa shape index (κ3) is 10.7. The minimum atomic E-state index is 0. The van der Waals surface area contributed by atoms with E-state index in [1.807, 2.05) is 0 Å². The summed E-state index contributed by atoms with van der Waals surface area (Å²) in [6, 6.07) is 0. The van der Waals surface area contributed by atoms with Crippen LogP contribution in [0, 0.1) is 0 Å². The molecule has 0 unspecified atom stereocenters. The monoisotopic (exact) mass is 296 g/mol. The van der Waals surface area contributed by atoms with Crippen LogP contribution in [0.3, 0.4) is 0 Å². The second-order valence-corrected chi connectivity index (χ2v) is 0. The summed E-state index contributed by atoms with van der Waals surface area (Å²) in [6.07, 6.45) is 0. The maximum absolute atomic E-state index is 8.39. The van der Waals surface area contributed by atoms with Gasteiger partial charge in [-0.15, -0.1) is 0 Å². The molecule has 0 fully saturated rings. The van der Waals surface area contributed by atoms with E-state index in [4.69, 9.17) is 2.69 Å². The summed E-state index contributed by atoms with van der Waals surface area (Å²) in [5.41, 5.74) is 0. The van der Waals surface area contributed by atoms with Gasteiger partial charge in [0.15, 0.2) is 0 Å². The van der Waals surface area contributed by atoms with E-state index in [0.29, 0.717) is 0 Å². The van der Waals surface area contributed by atoms with Crippen molar-refractivity contribution in [2.45, 2.75) is 0 Å². The third-order valence-corrected chi connectivity index (χ3v) is 0. The van der Waals surface area contributed by atoms with E-state index in [1.54, 1.807) is 0 Å². The summed E-state index contributed by atoms with van der Waals surface area (Å²) in [4.78, 5) is 0. The van der Waals surface area contributed by atoms with Gasteiger partial charge >= 0.3 is 45.5 Å². The Balaban J connectivity index is -0.00000000500. The number of hydrogen-bond donors (Lipinski definition) is 0. The van der Waals surface area contributed by atoms with E-state index in [-0.39, 0.29) is 48.3 Å². The average molecular weight is 295 g/mol. The normalized spacial score (nSPS) is 1.00. The summed E-state index contributed by atoms with van der Waals surface area (Å²) < 4.78 is 8.39. The Morgan fingerprint density at radius 3 is 1.25 bits per heavy atom. The van der Waals surface area contributed by atoms with Gasteiger partial charge in [-0.05, 0) is 0 Å². The molecule has 0 atom stereocenters. The molecule has 0 N–H and O–H groups in total. The molecule has 0 rings (SSSR count). The molecule has 4 heavy (non-hydrogen) atoms. The molecule has 0 aliphatic rings. The topological polar surface area (TPSA) is 45.6 Å². The van der Waals surface area contributed by atoms with Crippen LogP contribution in [0.4, 0.5) is 0 Å². The van der Waals surface area contributed by atoms with Gasteiger partial charge in [0.1, 0.15) is 0 Å². The molecule has 4 heteroatoms. The first-order chi connectivity index (χ1) is 1.00. The third-order valence-electron chi connectivity index (χ3n) is 0. The molecule has 0 bridgehead atoms. The van der Waals surface area contributed by atoms with Gasteiger partial charge in [-0.25, -0.2) is 0 Å². The van der Waals surface area contributed by atoms with Crippen molar-refractivity contribution >= 4 is 25.8 Å². The molecule has 0 aromatic rings. The fourth-order valence-corrected chi connectivity index (χ4v) is 0. The van der Waals surface area contributed by atoms with Crippen molar-refractivity contribution in [3.8, 4) is 0 Å². The van der Waals surface area contributed by atoms with E-state index in [9.17, 15) is 0 Å². The van der Waals surface area contributed by atoms with Crippen LogP contribution in [0.1, 0.15) is 0 Å². The van der Waals surface area contributed by atoms with Crippen molar-refractivity contribution in [3.05, 3.63) is 0 Å². The van der Waals surface area contributed by atoms with Crippen molar-refractivity contribution in [3.63, 3.8) is 0 Å². The van der Waals surface area contributed by atoms with Crippen molar-refractivity contribution in [1.82, 2.24) is 0 Å². The Labute approximate surface area is 50.9 Å². The molecular weight excluding hydrogens is 295 g/mol. The Kier molecular flexibility index (Phi) is 141. The van der Waals surface area contributed by atoms with Crippen molar-refractivity contribution in [2.24, 2.45) is 0 Å². The number of hydrogen-bond acceptors (Lipinski definition) is 1. The van der Waals surface area contributed by atoms with Gasteiger partial charge in [0, 0.05) is 0 Å². The van der Waals surface area contributed by atoms with Crippen LogP contribution >= 0.6 is 0 Å². The van der Waals surface area contributed by atoms with E-state index < -0.39 is 0 Å². The summed E-state index contributed by atoms with van der Waals surface area (Å²) in [5.74, 6) is 0. The Morgan fingerprint density at radius 1 is 1.25 bits per heavy atom. The van der Waals surface area contributed by atoms with Crippen LogP contribution < -0.4 is 0 Å². The van der Waals surface area contributed by atoms with Crippen LogP contribution in [0.2, 0.25) is 0 Å². The average Bonchev–Trinajstić information content (AvgIpc) is 1.00. The summed E-state index contributed by atoms with van der Waals surface area (Å²) in [7, 11) is 0. The van der Waals surface area contributed by atoms with Crippen LogP contribution in [0.15, 0.2) is 0 Å². The molecule has 2 nitrogen and oxygen atoms in total. The number of rotatable bonds is 0. The van der Waals surface area contributed by atoms with Gasteiger partial charge in [-0.3, -0.25) is 0 Å². The Morgan fingerprint density at radius 2 is 1.25 bits per heavy atom. The van der Waals surface area contributed by atoms with Crippen LogP contribution in [0.5, 0.6) is 0 Å². The second kappa shape index (κ2) is 29.8. The predicted octanol–water partition coefficient (Wildman–Crippen LogP) is -0.621. The van der Waals surface area contributed by atoms with Crippen LogP contribution in [-0.4, -0.2) is 25.8 Å². The van der Waals surface area contributed by atoms with E-state index in [0.717, 1.165) is 0 Å². The van der Waals surface area contributed by atoms with Gasteiger partial charge in [0.2, 0.25) is 0 Å². The minimum absolute atomic E-state index is 0. The maximum atomic E-state index is 8.39. The summed E-state index contributed by atoms with van der Waals surface area (Å²) in [6.45, 7) is 0. The van der Waals surface area contributed by atoms with Gasteiger partial charge in [-0.2, -0.15) is 0 Å². The molecule has 0 spiro atoms. The van der Waals surface area contributed by atoms with E-state index in [1.165, 1.54) is 0 Å². The molecule has 0 heterocycles. The van der Waals surface area contributed by atoms with Gasteiger partial charge in [0.25, 0.3) is 0 Å². The van der Waals surface area contributed by atoms with E-state index >= 15 is 0 Å². The SMILES string of the molecule is [Fe+2].[O-2].[O]=[Pb]. The van der Waals surface area contributed by atoms with E-state index in [2.05, 4.69) is 0 Å². The molecule has 24 valence electrons. The summed E-state index contributed by atoms with van der Waals surface area (Å²) in [5, 5.41) is 0. The Bertz CT molecular complexity index is 6.00. The predicted molar refractivity (Wildman–Crippen MR) is 7.13 cm³/mol. The fourth-order valence-electron chi connectivity index (χ4n) is 0. The fraction of sp³-hybridized carbons (Fsp3) is 0. The van der Waals surface area contributed by atoms with Crippen molar-refractivity contribution in [1.29, 1.82) is 0 Å². The molecule has 0 aromatic heterocycles. The first-order valence-electron chi connectivity index (χ1n) is 0.204. The molecular formula is FeO2Pb. The van der Waals surface area contributed by atoms with Crippen LogP contribution in [0.25, 0.3) is 0 Å². The summed E-state index contributed by atoms with van der Waals surface area (Å²) >= 11 is 0.0556. The quantitative estimate of drug-likeness (QED) is 0.549. The zero-order valence-corrected chi connectivity index (χ0v) is 6.66. The van der Waals surface area contributed by atoms with Gasteiger partial charge in [0.05, 0.1) is 0 Å². The molecule has 0 aromatic carbocycles. The van der Waals surface area contributed by atoms with Crippen LogP contribution in [-0.2, 0) is 25.2 Å². The molecule has 0 aliphatic heterocycles. The first kappa shape index (κ1) is 18.9. The molecule has 2 radical (unpaired) electrons. The standard InChI is InChI=1S/Fe.2O.Pb/q+2;;-2;. The van der Waals surface area contributed by atoms with Crippen molar-refractivity contribution in [2.75, 3.05) is 0 Å². The molecule has 0 amide bonds. The van der Waals surface area contributed by atoms with Gasteiger partial charge in [-0.1, -0.05) is 0 Å². The molecule has 0 aliphatic carbocycles. The zero-order valence-electron chi connectivity index (χ0n) is 1.67.